The molecule has 0 heterocycles. The van der Waals surface area contributed by atoms with Gasteiger partial charge in [-0.15, -0.1) is 0 Å². The molecule has 0 saturated heterocycles. The molecule has 0 fully saturated rings. The van der Waals surface area contributed by atoms with Crippen LogP contribution in [0, 0.1) is 3.57 Å². The average Bonchev–Trinajstić information content (AvgIpc) is 3.10. The molecule has 0 spiro atoms. The quantitative estimate of drug-likeness (QED) is 0.337. The van der Waals surface area contributed by atoms with Crippen LogP contribution >= 0.6 is 22.6 Å². The molecule has 0 radical (unpaired) electrons. The van der Waals surface area contributed by atoms with Crippen LogP contribution in [-0.2, 0) is 9.53 Å². The van der Waals surface area contributed by atoms with Gasteiger partial charge in [-0.1, -0.05) is 48.5 Å². The van der Waals surface area contributed by atoms with Crippen molar-refractivity contribution in [2.24, 2.45) is 0 Å². The van der Waals surface area contributed by atoms with Gasteiger partial charge in [0, 0.05) is 27.6 Å². The summed E-state index contributed by atoms with van der Waals surface area (Å²) in [5, 5.41) is 14.5. The van der Waals surface area contributed by atoms with E-state index >= 15 is 0 Å². The Hall–Kier alpha value is -3.40. The maximum absolute atomic E-state index is 12.4. The lowest BCUT2D eigenvalue weighted by Gasteiger charge is -2.17. The molecule has 7 nitrogen and oxygen atoms in total. The van der Waals surface area contributed by atoms with E-state index in [9.17, 15) is 19.5 Å². The first kappa shape index (κ1) is 23.7. The van der Waals surface area contributed by atoms with Crippen LogP contribution in [0.3, 0.4) is 0 Å². The molecule has 0 aliphatic heterocycles. The molecule has 0 bridgehead atoms. The molecular weight excluding hydrogens is 547 g/mol. The summed E-state index contributed by atoms with van der Waals surface area (Å²) in [5.74, 6) is -1.45. The smallest absolute Gasteiger partial charge is 0.407 e. The van der Waals surface area contributed by atoms with Crippen LogP contribution in [0.15, 0.2) is 66.7 Å². The second kappa shape index (κ2) is 10.3. The minimum absolute atomic E-state index is 0.0120. The van der Waals surface area contributed by atoms with Crippen LogP contribution in [0.4, 0.5) is 10.5 Å². The summed E-state index contributed by atoms with van der Waals surface area (Å²) in [6, 6.07) is 20.3. The van der Waals surface area contributed by atoms with E-state index in [-0.39, 0.29) is 30.4 Å². The van der Waals surface area contributed by atoms with Gasteiger partial charge < -0.3 is 20.5 Å². The number of benzene rings is 3. The standard InChI is InChI=1S/C26H23IN2O5/c1-15(10-24(30)29-18-12-16(25(31)32)11-17(27)13-18)28-26(33)34-14-23-21-8-4-2-6-19(21)20-7-3-5-9-22(20)23/h2-9,11-13,15,23H,10,14H2,1H3,(H,28,33)(H,29,30)(H,31,32)/t15-/m0/s1. The third-order valence-electron chi connectivity index (χ3n) is 5.63. The second-order valence-corrected chi connectivity index (χ2v) is 9.40. The average molecular weight is 570 g/mol. The molecule has 34 heavy (non-hydrogen) atoms. The number of anilines is 1. The number of rotatable bonds is 7. The number of hydrogen-bond donors (Lipinski definition) is 3. The SMILES string of the molecule is C[C@@H](CC(=O)Nc1cc(I)cc(C(=O)O)c1)NC(=O)OCC1c2ccccc2-c2ccccc21. The van der Waals surface area contributed by atoms with Crippen molar-refractivity contribution in [1.29, 1.82) is 0 Å². The lowest BCUT2D eigenvalue weighted by molar-refractivity contribution is -0.116. The summed E-state index contributed by atoms with van der Waals surface area (Å²) >= 11 is 1.99. The molecule has 0 unspecified atom stereocenters. The Morgan fingerprint density at radius 2 is 1.62 bits per heavy atom. The molecule has 8 heteroatoms. The van der Waals surface area contributed by atoms with Gasteiger partial charge in [0.1, 0.15) is 6.61 Å². The number of ether oxygens (including phenoxy) is 1. The topological polar surface area (TPSA) is 105 Å². The first-order valence-corrected chi connectivity index (χ1v) is 11.8. The molecule has 1 aliphatic carbocycles. The van der Waals surface area contributed by atoms with Crippen molar-refractivity contribution in [3.8, 4) is 11.1 Å². The molecule has 2 amide bonds. The van der Waals surface area contributed by atoms with E-state index < -0.39 is 18.1 Å². The number of aromatic carboxylic acids is 1. The van der Waals surface area contributed by atoms with Gasteiger partial charge in [0.05, 0.1) is 5.56 Å². The molecule has 1 atom stereocenters. The van der Waals surface area contributed by atoms with E-state index in [1.165, 1.54) is 12.1 Å². The van der Waals surface area contributed by atoms with E-state index in [4.69, 9.17) is 4.74 Å². The van der Waals surface area contributed by atoms with E-state index in [1.807, 2.05) is 46.9 Å². The highest BCUT2D eigenvalue weighted by Gasteiger charge is 2.29. The number of halogens is 1. The first-order chi connectivity index (χ1) is 16.3. The van der Waals surface area contributed by atoms with Crippen molar-refractivity contribution in [3.63, 3.8) is 0 Å². The van der Waals surface area contributed by atoms with E-state index in [0.29, 0.717) is 9.26 Å². The maximum atomic E-state index is 12.4. The number of hydrogen-bond acceptors (Lipinski definition) is 4. The summed E-state index contributed by atoms with van der Waals surface area (Å²) in [7, 11) is 0. The fourth-order valence-corrected chi connectivity index (χ4v) is 4.84. The molecule has 174 valence electrons. The number of amides is 2. The summed E-state index contributed by atoms with van der Waals surface area (Å²) in [6.45, 7) is 1.90. The number of carbonyl (C=O) groups is 3. The molecule has 3 aromatic carbocycles. The minimum atomic E-state index is -1.07. The van der Waals surface area contributed by atoms with Crippen LogP contribution in [-0.4, -0.2) is 35.7 Å². The van der Waals surface area contributed by atoms with Crippen molar-refractivity contribution in [2.75, 3.05) is 11.9 Å². The van der Waals surface area contributed by atoms with Gasteiger partial charge in [-0.05, 0) is 70.0 Å². The summed E-state index contributed by atoms with van der Waals surface area (Å²) in [6.07, 6.45) is -0.581. The Morgan fingerprint density at radius 3 is 2.24 bits per heavy atom. The largest absolute Gasteiger partial charge is 0.478 e. The van der Waals surface area contributed by atoms with E-state index in [1.54, 1.807) is 13.0 Å². The Morgan fingerprint density at radius 1 is 1.00 bits per heavy atom. The third kappa shape index (κ3) is 5.39. The van der Waals surface area contributed by atoms with Gasteiger partial charge >= 0.3 is 12.1 Å². The maximum Gasteiger partial charge on any atom is 0.407 e. The van der Waals surface area contributed by atoms with Gasteiger partial charge in [0.15, 0.2) is 0 Å². The third-order valence-corrected chi connectivity index (χ3v) is 6.25. The van der Waals surface area contributed by atoms with Crippen LogP contribution in [0.5, 0.6) is 0 Å². The second-order valence-electron chi connectivity index (χ2n) is 8.16. The van der Waals surface area contributed by atoms with Crippen molar-refractivity contribution >= 4 is 46.2 Å². The number of nitrogens with one attached hydrogen (secondary N) is 2. The number of alkyl carbamates (subject to hydrolysis) is 1. The lowest BCUT2D eigenvalue weighted by atomic mass is 9.98. The Balaban J connectivity index is 1.31. The van der Waals surface area contributed by atoms with E-state index in [0.717, 1.165) is 22.3 Å². The van der Waals surface area contributed by atoms with Crippen molar-refractivity contribution in [2.45, 2.75) is 25.3 Å². The first-order valence-electron chi connectivity index (χ1n) is 10.8. The highest BCUT2D eigenvalue weighted by molar-refractivity contribution is 14.1. The number of fused-ring (bicyclic) bond motifs is 3. The van der Waals surface area contributed by atoms with Gasteiger partial charge in [-0.3, -0.25) is 4.79 Å². The molecule has 3 N–H and O–H groups in total. The predicted molar refractivity (Wildman–Crippen MR) is 137 cm³/mol. The molecule has 0 aromatic heterocycles. The summed E-state index contributed by atoms with van der Waals surface area (Å²) < 4.78 is 6.21. The zero-order chi connectivity index (χ0) is 24.2. The van der Waals surface area contributed by atoms with Crippen LogP contribution < -0.4 is 10.6 Å². The fraction of sp³-hybridized carbons (Fsp3) is 0.192. The lowest BCUT2D eigenvalue weighted by Crippen LogP contribution is -2.36. The Kier molecular flexibility index (Phi) is 7.16. The summed E-state index contributed by atoms with van der Waals surface area (Å²) in [4.78, 5) is 36.0. The van der Waals surface area contributed by atoms with Crippen molar-refractivity contribution < 1.29 is 24.2 Å². The normalized spacial score (nSPS) is 12.9. The van der Waals surface area contributed by atoms with Gasteiger partial charge in [-0.2, -0.15) is 0 Å². The van der Waals surface area contributed by atoms with Gasteiger partial charge in [0.2, 0.25) is 5.91 Å². The summed E-state index contributed by atoms with van der Waals surface area (Å²) in [5.41, 5.74) is 5.04. The molecule has 0 saturated carbocycles. The number of carbonyl (C=O) groups excluding carboxylic acids is 2. The molecular formula is C26H23IN2O5. The Labute approximate surface area is 210 Å². The van der Waals surface area contributed by atoms with Crippen molar-refractivity contribution in [3.05, 3.63) is 87.0 Å². The van der Waals surface area contributed by atoms with Gasteiger partial charge in [0.25, 0.3) is 0 Å². The predicted octanol–water partition coefficient (Wildman–Crippen LogP) is 5.25. The highest BCUT2D eigenvalue weighted by Crippen LogP contribution is 2.44. The van der Waals surface area contributed by atoms with E-state index in [2.05, 4.69) is 34.9 Å². The zero-order valence-electron chi connectivity index (χ0n) is 18.4. The molecule has 3 aromatic rings. The van der Waals surface area contributed by atoms with Crippen LogP contribution in [0.25, 0.3) is 11.1 Å². The van der Waals surface area contributed by atoms with Crippen LogP contribution in [0.2, 0.25) is 0 Å². The van der Waals surface area contributed by atoms with Crippen molar-refractivity contribution in [1.82, 2.24) is 5.32 Å². The fourth-order valence-electron chi connectivity index (χ4n) is 4.17. The number of carboxylic acid groups (broad SMARTS) is 1. The molecule has 1 aliphatic rings. The highest BCUT2D eigenvalue weighted by atomic mass is 127. The monoisotopic (exact) mass is 570 g/mol. The number of carboxylic acids is 1. The zero-order valence-corrected chi connectivity index (χ0v) is 20.5. The molecule has 4 rings (SSSR count). The minimum Gasteiger partial charge on any atom is -0.478 e. The van der Waals surface area contributed by atoms with Gasteiger partial charge in [-0.25, -0.2) is 9.59 Å². The Bertz CT molecular complexity index is 1210. The van der Waals surface area contributed by atoms with Crippen LogP contribution in [0.1, 0.15) is 40.7 Å².